The number of nitrogens with zero attached hydrogens (tertiary/aromatic N) is 4. The Morgan fingerprint density at radius 2 is 1.88 bits per heavy atom. The number of likely N-dealkylation sites (N-methyl/N-ethyl adjacent to an activating group) is 1. The van der Waals surface area contributed by atoms with Crippen molar-refractivity contribution in [2.45, 2.75) is 0 Å². The zero-order valence-electron chi connectivity index (χ0n) is 14.5. The average Bonchev–Trinajstić information content (AvgIpc) is 2.88. The second-order valence-corrected chi connectivity index (χ2v) is 6.19. The lowest BCUT2D eigenvalue weighted by Crippen LogP contribution is -2.52. The minimum absolute atomic E-state index is 0.0374. The van der Waals surface area contributed by atoms with Crippen LogP contribution in [0.15, 0.2) is 24.3 Å². The van der Waals surface area contributed by atoms with Crippen molar-refractivity contribution in [2.24, 2.45) is 0 Å². The molecular weight excluding hydrogens is 324 g/mol. The second-order valence-electron chi connectivity index (χ2n) is 6.19. The Bertz CT molecular complexity index is 685. The molecule has 0 atom stereocenters. The van der Waals surface area contributed by atoms with Crippen LogP contribution in [0.25, 0.3) is 0 Å². The molecule has 8 heteroatoms. The second kappa shape index (κ2) is 7.00. The first-order valence-electron chi connectivity index (χ1n) is 8.22. The van der Waals surface area contributed by atoms with Gasteiger partial charge in [0.2, 0.25) is 5.91 Å². The molecule has 8 nitrogen and oxygen atoms in total. The molecule has 0 saturated carbocycles. The third kappa shape index (κ3) is 3.52. The maximum atomic E-state index is 12.4. The number of piperazine rings is 1. The van der Waals surface area contributed by atoms with Gasteiger partial charge < -0.3 is 19.4 Å². The molecule has 1 aromatic carbocycles. The minimum Gasteiger partial charge on any atom is -0.497 e. The molecule has 0 spiro atoms. The molecule has 2 aliphatic heterocycles. The average molecular weight is 346 g/mol. The van der Waals surface area contributed by atoms with Crippen molar-refractivity contribution in [1.82, 2.24) is 14.7 Å². The molecular formula is C17H22N4O4. The van der Waals surface area contributed by atoms with E-state index < -0.39 is 6.03 Å². The Balaban J connectivity index is 1.56. The lowest BCUT2D eigenvalue weighted by Gasteiger charge is -2.36. The van der Waals surface area contributed by atoms with Crippen molar-refractivity contribution in [3.05, 3.63) is 24.3 Å². The molecule has 2 saturated heterocycles. The van der Waals surface area contributed by atoms with Crippen LogP contribution in [0.3, 0.4) is 0 Å². The van der Waals surface area contributed by atoms with Crippen LogP contribution in [0.2, 0.25) is 0 Å². The zero-order chi connectivity index (χ0) is 18.0. The van der Waals surface area contributed by atoms with E-state index in [0.717, 1.165) is 16.3 Å². The number of carbonyl (C=O) groups excluding carboxylic acids is 3. The van der Waals surface area contributed by atoms with Gasteiger partial charge in [-0.2, -0.15) is 0 Å². The van der Waals surface area contributed by atoms with Gasteiger partial charge in [0.1, 0.15) is 18.8 Å². The van der Waals surface area contributed by atoms with Crippen molar-refractivity contribution >= 4 is 23.5 Å². The summed E-state index contributed by atoms with van der Waals surface area (Å²) in [7, 11) is 3.19. The normalized spacial score (nSPS) is 18.2. The van der Waals surface area contributed by atoms with Crippen LogP contribution in [0.5, 0.6) is 5.75 Å². The number of methoxy groups -OCH3 is 1. The highest BCUT2D eigenvalue weighted by Gasteiger charge is 2.36. The first-order chi connectivity index (χ1) is 12.0. The smallest absolute Gasteiger partial charge is 0.327 e. The zero-order valence-corrected chi connectivity index (χ0v) is 14.5. The Hall–Kier alpha value is -2.77. The number of amides is 4. The molecule has 0 N–H and O–H groups in total. The van der Waals surface area contributed by atoms with Crippen LogP contribution in [0.1, 0.15) is 0 Å². The fourth-order valence-corrected chi connectivity index (χ4v) is 3.08. The molecule has 1 aromatic rings. The van der Waals surface area contributed by atoms with Crippen molar-refractivity contribution in [2.75, 3.05) is 58.3 Å². The predicted molar refractivity (Wildman–Crippen MR) is 91.5 cm³/mol. The van der Waals surface area contributed by atoms with Crippen LogP contribution in [0.4, 0.5) is 10.5 Å². The Morgan fingerprint density at radius 1 is 1.16 bits per heavy atom. The van der Waals surface area contributed by atoms with E-state index in [4.69, 9.17) is 4.74 Å². The van der Waals surface area contributed by atoms with E-state index in [9.17, 15) is 14.4 Å². The van der Waals surface area contributed by atoms with E-state index >= 15 is 0 Å². The Kier molecular flexibility index (Phi) is 4.78. The van der Waals surface area contributed by atoms with Gasteiger partial charge in [0.05, 0.1) is 7.11 Å². The number of ether oxygens (including phenoxy) is 1. The molecule has 0 unspecified atom stereocenters. The summed E-state index contributed by atoms with van der Waals surface area (Å²) >= 11 is 0. The number of hydrogen-bond donors (Lipinski definition) is 0. The summed E-state index contributed by atoms with van der Waals surface area (Å²) in [6.07, 6.45) is 0. The highest BCUT2D eigenvalue weighted by atomic mass is 16.5. The van der Waals surface area contributed by atoms with Gasteiger partial charge >= 0.3 is 6.03 Å². The number of imide groups is 1. The lowest BCUT2D eigenvalue weighted by atomic mass is 10.2. The third-order valence-electron chi connectivity index (χ3n) is 4.58. The first-order valence-corrected chi connectivity index (χ1v) is 8.22. The van der Waals surface area contributed by atoms with Crippen LogP contribution in [-0.2, 0) is 9.59 Å². The van der Waals surface area contributed by atoms with Crippen molar-refractivity contribution in [3.63, 3.8) is 0 Å². The van der Waals surface area contributed by atoms with Crippen molar-refractivity contribution < 1.29 is 19.1 Å². The molecule has 2 aliphatic rings. The highest BCUT2D eigenvalue weighted by molar-refractivity contribution is 6.04. The van der Waals surface area contributed by atoms with E-state index in [1.165, 1.54) is 4.90 Å². The van der Waals surface area contributed by atoms with E-state index in [2.05, 4.69) is 4.90 Å². The molecule has 4 amide bonds. The molecule has 25 heavy (non-hydrogen) atoms. The summed E-state index contributed by atoms with van der Waals surface area (Å²) in [6, 6.07) is 7.40. The standard InChI is InChI=1S/C17H22N4O4/c1-18-11-16(23)21(17(18)24)12-15(22)20-8-6-19(7-9-20)13-4-3-5-14(10-13)25-2/h3-5,10H,6-9,11-12H2,1-2H3. The van der Waals surface area contributed by atoms with Gasteiger partial charge in [0.15, 0.2) is 0 Å². The monoisotopic (exact) mass is 346 g/mol. The first kappa shape index (κ1) is 17.1. The summed E-state index contributed by atoms with van der Waals surface area (Å²) in [5, 5.41) is 0. The van der Waals surface area contributed by atoms with E-state index in [-0.39, 0.29) is 24.9 Å². The fraction of sp³-hybridized carbons (Fsp3) is 0.471. The maximum absolute atomic E-state index is 12.4. The van der Waals surface area contributed by atoms with Crippen LogP contribution in [-0.4, -0.2) is 86.0 Å². The van der Waals surface area contributed by atoms with Crippen molar-refractivity contribution in [1.29, 1.82) is 0 Å². The number of anilines is 1. The number of rotatable bonds is 4. The van der Waals surface area contributed by atoms with E-state index in [1.807, 2.05) is 24.3 Å². The van der Waals surface area contributed by atoms with Gasteiger partial charge in [-0.25, -0.2) is 4.79 Å². The SMILES string of the molecule is COc1cccc(N2CCN(C(=O)CN3C(=O)CN(C)C3=O)CC2)c1. The molecule has 3 rings (SSSR count). The number of benzene rings is 1. The van der Waals surface area contributed by atoms with Crippen LogP contribution < -0.4 is 9.64 Å². The van der Waals surface area contributed by atoms with Crippen LogP contribution >= 0.6 is 0 Å². The van der Waals surface area contributed by atoms with Gasteiger partial charge in [-0.05, 0) is 12.1 Å². The maximum Gasteiger partial charge on any atom is 0.327 e. The predicted octanol–water partition coefficient (Wildman–Crippen LogP) is 0.238. The summed E-state index contributed by atoms with van der Waals surface area (Å²) in [5.41, 5.74) is 1.05. The molecule has 0 aliphatic carbocycles. The molecule has 2 heterocycles. The number of hydrogen-bond acceptors (Lipinski definition) is 5. The van der Waals surface area contributed by atoms with Crippen LogP contribution in [0, 0.1) is 0 Å². The molecule has 2 fully saturated rings. The Morgan fingerprint density at radius 3 is 2.48 bits per heavy atom. The molecule has 134 valence electrons. The quantitative estimate of drug-likeness (QED) is 0.730. The fourth-order valence-electron chi connectivity index (χ4n) is 3.08. The molecule has 0 aromatic heterocycles. The van der Waals surface area contributed by atoms with Gasteiger partial charge in [-0.15, -0.1) is 0 Å². The molecule has 0 bridgehead atoms. The highest BCUT2D eigenvalue weighted by Crippen LogP contribution is 2.22. The largest absolute Gasteiger partial charge is 0.497 e. The van der Waals surface area contributed by atoms with E-state index in [0.29, 0.717) is 26.2 Å². The molecule has 0 radical (unpaired) electrons. The van der Waals surface area contributed by atoms with E-state index in [1.54, 1.807) is 19.1 Å². The summed E-state index contributed by atoms with van der Waals surface area (Å²) in [6.45, 7) is 2.36. The minimum atomic E-state index is -0.409. The summed E-state index contributed by atoms with van der Waals surface area (Å²) in [5.74, 6) is 0.282. The topological polar surface area (TPSA) is 73.4 Å². The van der Waals surface area contributed by atoms with Gasteiger partial charge in [-0.1, -0.05) is 6.07 Å². The van der Waals surface area contributed by atoms with Gasteiger partial charge in [0, 0.05) is 45.0 Å². The third-order valence-corrected chi connectivity index (χ3v) is 4.58. The summed E-state index contributed by atoms with van der Waals surface area (Å²) in [4.78, 5) is 42.3. The van der Waals surface area contributed by atoms with Gasteiger partial charge in [-0.3, -0.25) is 14.5 Å². The van der Waals surface area contributed by atoms with Gasteiger partial charge in [0.25, 0.3) is 5.91 Å². The number of urea groups is 1. The van der Waals surface area contributed by atoms with Crippen molar-refractivity contribution in [3.8, 4) is 5.75 Å². The lowest BCUT2D eigenvalue weighted by molar-refractivity contribution is -0.136. The number of carbonyl (C=O) groups is 3. The Labute approximate surface area is 146 Å². The summed E-state index contributed by atoms with van der Waals surface area (Å²) < 4.78 is 5.24.